The van der Waals surface area contributed by atoms with Crippen LogP contribution in [0, 0.1) is 13.8 Å². The quantitative estimate of drug-likeness (QED) is 0.204. The number of aromatic nitrogens is 2. The molecule has 206 valence electrons. The van der Waals surface area contributed by atoms with Crippen molar-refractivity contribution < 1.29 is 0 Å². The Bertz CT molecular complexity index is 2300. The number of nitrogens with zero attached hydrogens (tertiary/aromatic N) is 2. The minimum atomic E-state index is 0.245. The third-order valence-electron chi connectivity index (χ3n) is 9.80. The monoisotopic (exact) mass is 560 g/mol. The Morgan fingerprint density at radius 3 is 1.93 bits per heavy atom. The molecule has 0 unspecified atom stereocenters. The smallest absolute Gasteiger partial charge is 0.242 e. The van der Waals surface area contributed by atoms with Crippen LogP contribution in [0.15, 0.2) is 122 Å². The van der Waals surface area contributed by atoms with E-state index < -0.39 is 0 Å². The van der Waals surface area contributed by atoms with Gasteiger partial charge < -0.3 is 0 Å². The molecule has 9 rings (SSSR count). The van der Waals surface area contributed by atoms with E-state index in [-0.39, 0.29) is 6.71 Å². The summed E-state index contributed by atoms with van der Waals surface area (Å²) in [4.78, 5) is 10.0. The molecule has 1 aromatic heterocycles. The fraction of sp³-hybridized carbons (Fsp3) is 0.0732. The summed E-state index contributed by atoms with van der Waals surface area (Å²) >= 11 is 0. The van der Waals surface area contributed by atoms with Gasteiger partial charge in [-0.05, 0) is 77.1 Å². The molecule has 0 spiro atoms. The van der Waals surface area contributed by atoms with Crippen molar-refractivity contribution in [2.75, 3.05) is 0 Å². The van der Waals surface area contributed by atoms with Crippen molar-refractivity contribution in [2.45, 2.75) is 20.3 Å². The Morgan fingerprint density at radius 2 is 1.25 bits per heavy atom. The molecular weight excluding hydrogens is 531 g/mol. The molecule has 0 amide bonds. The van der Waals surface area contributed by atoms with Gasteiger partial charge in [0.1, 0.15) is 0 Å². The van der Waals surface area contributed by atoms with Crippen molar-refractivity contribution in [3.05, 3.63) is 155 Å². The minimum Gasteiger partial charge on any atom is -0.244 e. The molecule has 0 radical (unpaired) electrons. The first kappa shape index (κ1) is 25.2. The van der Waals surface area contributed by atoms with E-state index in [1.54, 1.807) is 0 Å². The zero-order chi connectivity index (χ0) is 29.5. The Hall–Kier alpha value is -5.28. The van der Waals surface area contributed by atoms with Gasteiger partial charge in [0.2, 0.25) is 6.71 Å². The molecule has 0 fully saturated rings. The molecule has 0 bridgehead atoms. The molecule has 0 saturated heterocycles. The fourth-order valence-electron chi connectivity index (χ4n) is 7.70. The lowest BCUT2D eigenvalue weighted by atomic mass is 9.32. The lowest BCUT2D eigenvalue weighted by Crippen LogP contribution is -2.58. The number of benzene rings is 6. The molecule has 0 atom stereocenters. The second-order valence-electron chi connectivity index (χ2n) is 12.3. The van der Waals surface area contributed by atoms with E-state index in [4.69, 9.17) is 9.97 Å². The van der Waals surface area contributed by atoms with E-state index in [9.17, 15) is 0 Å². The Labute approximate surface area is 257 Å². The van der Waals surface area contributed by atoms with Crippen LogP contribution < -0.4 is 16.4 Å². The van der Waals surface area contributed by atoms with Crippen LogP contribution in [0.25, 0.3) is 49.8 Å². The average molecular weight is 561 g/mol. The largest absolute Gasteiger partial charge is 0.244 e. The summed E-state index contributed by atoms with van der Waals surface area (Å²) in [5.41, 5.74) is 19.2. The van der Waals surface area contributed by atoms with Crippen LogP contribution in [-0.4, -0.2) is 16.7 Å². The highest BCUT2D eigenvalue weighted by atomic mass is 14.8. The zero-order valence-electron chi connectivity index (χ0n) is 24.9. The van der Waals surface area contributed by atoms with E-state index in [1.165, 1.54) is 60.5 Å². The van der Waals surface area contributed by atoms with Crippen molar-refractivity contribution >= 4 is 50.5 Å². The summed E-state index contributed by atoms with van der Waals surface area (Å²) in [6, 6.07) is 42.1. The number of fused-ring (bicyclic) bond motifs is 8. The van der Waals surface area contributed by atoms with Gasteiger partial charge >= 0.3 is 0 Å². The summed E-state index contributed by atoms with van der Waals surface area (Å²) in [5, 5.41) is 2.39. The molecule has 2 heterocycles. The summed E-state index contributed by atoms with van der Waals surface area (Å²) in [6.45, 7) is 9.17. The average Bonchev–Trinajstić information content (AvgIpc) is 3.33. The molecular formula is C41H29BN2. The van der Waals surface area contributed by atoms with Crippen LogP contribution >= 0.6 is 0 Å². The summed E-state index contributed by atoms with van der Waals surface area (Å²) in [6.07, 6.45) is 1.00. The predicted octanol–water partition coefficient (Wildman–Crippen LogP) is 7.53. The van der Waals surface area contributed by atoms with Crippen molar-refractivity contribution in [2.24, 2.45) is 0 Å². The molecule has 3 heteroatoms. The van der Waals surface area contributed by atoms with Crippen LogP contribution in [-0.2, 0) is 6.42 Å². The Kier molecular flexibility index (Phi) is 5.37. The van der Waals surface area contributed by atoms with Gasteiger partial charge in [0, 0.05) is 11.1 Å². The first-order valence-electron chi connectivity index (χ1n) is 15.4. The Balaban J connectivity index is 1.13. The van der Waals surface area contributed by atoms with E-state index in [2.05, 4.69) is 111 Å². The van der Waals surface area contributed by atoms with Crippen LogP contribution in [0.2, 0.25) is 0 Å². The summed E-state index contributed by atoms with van der Waals surface area (Å²) in [5.74, 6) is 0. The third-order valence-corrected chi connectivity index (χ3v) is 9.80. The van der Waals surface area contributed by atoms with Crippen molar-refractivity contribution in [3.8, 4) is 22.4 Å². The van der Waals surface area contributed by atoms with E-state index in [0.717, 1.165) is 45.5 Å². The number of rotatable bonds is 2. The van der Waals surface area contributed by atoms with Gasteiger partial charge in [-0.25, -0.2) is 9.97 Å². The zero-order valence-corrected chi connectivity index (χ0v) is 24.9. The minimum absolute atomic E-state index is 0.245. The number of para-hydroxylation sites is 2. The maximum Gasteiger partial charge on any atom is 0.242 e. The van der Waals surface area contributed by atoms with Gasteiger partial charge in [-0.1, -0.05) is 131 Å². The first-order chi connectivity index (χ1) is 21.5. The first-order valence-corrected chi connectivity index (χ1v) is 15.4. The maximum absolute atomic E-state index is 5.05. The van der Waals surface area contributed by atoms with Crippen molar-refractivity contribution in [3.63, 3.8) is 0 Å². The van der Waals surface area contributed by atoms with Crippen molar-refractivity contribution in [1.82, 2.24) is 9.97 Å². The third kappa shape index (κ3) is 3.62. The topological polar surface area (TPSA) is 25.8 Å². The molecule has 0 N–H and O–H groups in total. The lowest BCUT2D eigenvalue weighted by molar-refractivity contribution is 1.19. The molecule has 6 aromatic carbocycles. The summed E-state index contributed by atoms with van der Waals surface area (Å²) in [7, 11) is 0. The highest BCUT2D eigenvalue weighted by Crippen LogP contribution is 2.46. The van der Waals surface area contributed by atoms with Gasteiger partial charge in [0.05, 0.1) is 22.4 Å². The fourth-order valence-corrected chi connectivity index (χ4v) is 7.70. The highest BCUT2D eigenvalue weighted by molar-refractivity contribution is 6.97. The van der Waals surface area contributed by atoms with E-state index >= 15 is 0 Å². The SMILES string of the molecule is C=C1c2ccc3cc(-c4ccc(B5c6c(C)cccc6Cc6cccc(C)c65)cc4)ccc3c2-c2nc3ccccc3nc21. The highest BCUT2D eigenvalue weighted by Gasteiger charge is 2.33. The maximum atomic E-state index is 5.05. The number of hydrogen-bond donors (Lipinski definition) is 0. The lowest BCUT2D eigenvalue weighted by Gasteiger charge is -2.30. The van der Waals surface area contributed by atoms with Crippen molar-refractivity contribution in [1.29, 1.82) is 0 Å². The second kappa shape index (κ2) is 9.36. The molecule has 44 heavy (non-hydrogen) atoms. The molecule has 0 saturated carbocycles. The van der Waals surface area contributed by atoms with Gasteiger partial charge in [-0.3, -0.25) is 0 Å². The van der Waals surface area contributed by atoms with Gasteiger partial charge in [-0.15, -0.1) is 0 Å². The van der Waals surface area contributed by atoms with Crippen LogP contribution in [0.1, 0.15) is 33.5 Å². The van der Waals surface area contributed by atoms with Crippen LogP contribution in [0.3, 0.4) is 0 Å². The van der Waals surface area contributed by atoms with Crippen LogP contribution in [0.4, 0.5) is 0 Å². The molecule has 1 aliphatic heterocycles. The normalized spacial score (nSPS) is 13.1. The Morgan fingerprint density at radius 1 is 0.614 bits per heavy atom. The summed E-state index contributed by atoms with van der Waals surface area (Å²) < 4.78 is 0. The molecule has 1 aliphatic carbocycles. The molecule has 2 nitrogen and oxygen atoms in total. The van der Waals surface area contributed by atoms with E-state index in [0.29, 0.717) is 0 Å². The van der Waals surface area contributed by atoms with E-state index in [1.807, 2.05) is 24.3 Å². The number of hydrogen-bond acceptors (Lipinski definition) is 2. The second-order valence-corrected chi connectivity index (χ2v) is 12.3. The molecule has 7 aromatic rings. The van der Waals surface area contributed by atoms with Gasteiger partial charge in [0.15, 0.2) is 0 Å². The predicted molar refractivity (Wildman–Crippen MR) is 186 cm³/mol. The van der Waals surface area contributed by atoms with Crippen LogP contribution in [0.5, 0.6) is 0 Å². The molecule has 2 aliphatic rings. The van der Waals surface area contributed by atoms with Gasteiger partial charge in [-0.2, -0.15) is 0 Å². The standard InChI is InChI=1S/C41H29BN2/c1-24-8-6-10-30-23-31-11-7-9-25(2)39(31)42(38(24)30)32-18-14-27(15-19-32)28-16-21-34-29(22-28)17-20-33-26(3)40-41(37(33)34)44-36-13-5-4-12-35(36)43-40/h4-22H,3,23H2,1-2H3. The van der Waals surface area contributed by atoms with Gasteiger partial charge in [0.25, 0.3) is 0 Å². The number of aryl methyl sites for hydroxylation is 2.